The molecule has 0 atom stereocenters. The number of benzene rings is 1. The van der Waals surface area contributed by atoms with Crippen molar-refractivity contribution in [2.75, 3.05) is 11.1 Å². The Balaban J connectivity index is 2.19. The number of carboxylic acid groups (broad SMARTS) is 1. The predicted molar refractivity (Wildman–Crippen MR) is 74.1 cm³/mol. The highest BCUT2D eigenvalue weighted by atomic mass is 16.4. The van der Waals surface area contributed by atoms with Crippen LogP contribution in [0.2, 0.25) is 0 Å². The van der Waals surface area contributed by atoms with Crippen molar-refractivity contribution in [1.82, 2.24) is 4.98 Å². The van der Waals surface area contributed by atoms with Gasteiger partial charge in [0.25, 0.3) is 0 Å². The van der Waals surface area contributed by atoms with Crippen LogP contribution in [-0.4, -0.2) is 16.1 Å². The van der Waals surface area contributed by atoms with Crippen LogP contribution >= 0.6 is 0 Å². The van der Waals surface area contributed by atoms with Crippen molar-refractivity contribution < 1.29 is 9.90 Å². The van der Waals surface area contributed by atoms with E-state index in [1.165, 1.54) is 6.07 Å². The van der Waals surface area contributed by atoms with Gasteiger partial charge in [-0.25, -0.2) is 4.79 Å². The van der Waals surface area contributed by atoms with Crippen LogP contribution in [0.5, 0.6) is 0 Å². The van der Waals surface area contributed by atoms with E-state index in [4.69, 9.17) is 10.8 Å². The van der Waals surface area contributed by atoms with Crippen LogP contribution in [0.15, 0.2) is 36.5 Å². The summed E-state index contributed by atoms with van der Waals surface area (Å²) >= 11 is 0. The van der Waals surface area contributed by atoms with Crippen LogP contribution < -0.4 is 11.1 Å². The zero-order valence-electron chi connectivity index (χ0n) is 10.6. The molecule has 4 N–H and O–H groups in total. The fraction of sp³-hybridized carbons (Fsp3) is 0.143. The fourth-order valence-corrected chi connectivity index (χ4v) is 1.77. The number of nitrogens with one attached hydrogen (secondary N) is 1. The van der Waals surface area contributed by atoms with Gasteiger partial charge in [-0.15, -0.1) is 0 Å². The summed E-state index contributed by atoms with van der Waals surface area (Å²) in [5.41, 5.74) is 8.49. The summed E-state index contributed by atoms with van der Waals surface area (Å²) < 4.78 is 0. The molecule has 2 aromatic rings. The SMILES string of the molecule is Cc1cc(NCc2ccccn2)cc(C(=O)O)c1N. The molecule has 0 unspecified atom stereocenters. The van der Waals surface area contributed by atoms with E-state index >= 15 is 0 Å². The first-order chi connectivity index (χ1) is 9.08. The van der Waals surface area contributed by atoms with Gasteiger partial charge in [0.2, 0.25) is 0 Å². The van der Waals surface area contributed by atoms with E-state index in [9.17, 15) is 4.79 Å². The summed E-state index contributed by atoms with van der Waals surface area (Å²) in [5.74, 6) is -1.03. The van der Waals surface area contributed by atoms with Crippen LogP contribution in [0.1, 0.15) is 21.6 Å². The molecule has 0 amide bonds. The lowest BCUT2D eigenvalue weighted by molar-refractivity contribution is 0.0698. The first kappa shape index (κ1) is 12.9. The Morgan fingerprint density at radius 3 is 2.84 bits per heavy atom. The smallest absolute Gasteiger partial charge is 0.337 e. The monoisotopic (exact) mass is 257 g/mol. The number of hydrogen-bond acceptors (Lipinski definition) is 4. The summed E-state index contributed by atoms with van der Waals surface area (Å²) in [4.78, 5) is 15.3. The lowest BCUT2D eigenvalue weighted by Gasteiger charge is -2.11. The van der Waals surface area contributed by atoms with Crippen molar-refractivity contribution in [3.63, 3.8) is 0 Å². The van der Waals surface area contributed by atoms with E-state index in [2.05, 4.69) is 10.3 Å². The van der Waals surface area contributed by atoms with E-state index in [1.54, 1.807) is 13.1 Å². The van der Waals surface area contributed by atoms with Crippen molar-refractivity contribution in [3.05, 3.63) is 53.3 Å². The van der Waals surface area contributed by atoms with Gasteiger partial charge >= 0.3 is 5.97 Å². The molecule has 0 fully saturated rings. The minimum Gasteiger partial charge on any atom is -0.478 e. The number of hydrogen-bond donors (Lipinski definition) is 3. The van der Waals surface area contributed by atoms with E-state index in [0.717, 1.165) is 16.9 Å². The number of aromatic nitrogens is 1. The number of aryl methyl sites for hydroxylation is 1. The highest BCUT2D eigenvalue weighted by Gasteiger charge is 2.11. The zero-order valence-corrected chi connectivity index (χ0v) is 10.6. The minimum absolute atomic E-state index is 0.114. The first-order valence-electron chi connectivity index (χ1n) is 5.85. The predicted octanol–water partition coefficient (Wildman–Crippen LogP) is 2.28. The maximum absolute atomic E-state index is 11.1. The molecule has 5 nitrogen and oxygen atoms in total. The fourth-order valence-electron chi connectivity index (χ4n) is 1.77. The second-order valence-corrected chi connectivity index (χ2v) is 4.23. The molecule has 98 valence electrons. The number of nitrogens with zero attached hydrogens (tertiary/aromatic N) is 1. The van der Waals surface area contributed by atoms with Crippen LogP contribution in [0.3, 0.4) is 0 Å². The third-order valence-corrected chi connectivity index (χ3v) is 2.82. The number of rotatable bonds is 4. The van der Waals surface area contributed by atoms with Gasteiger partial charge in [0, 0.05) is 17.6 Å². The summed E-state index contributed by atoms with van der Waals surface area (Å²) in [6.07, 6.45) is 1.72. The lowest BCUT2D eigenvalue weighted by atomic mass is 10.1. The summed E-state index contributed by atoms with van der Waals surface area (Å²) in [6, 6.07) is 9.01. The van der Waals surface area contributed by atoms with E-state index in [-0.39, 0.29) is 5.56 Å². The van der Waals surface area contributed by atoms with Crippen molar-refractivity contribution in [1.29, 1.82) is 0 Å². The molecule has 0 saturated heterocycles. The van der Waals surface area contributed by atoms with Crippen molar-refractivity contribution in [2.24, 2.45) is 0 Å². The molecule has 1 aromatic heterocycles. The Kier molecular flexibility index (Phi) is 3.66. The van der Waals surface area contributed by atoms with Crippen LogP contribution in [0, 0.1) is 6.92 Å². The highest BCUT2D eigenvalue weighted by Crippen LogP contribution is 2.23. The molecule has 0 bridgehead atoms. The van der Waals surface area contributed by atoms with E-state index in [1.807, 2.05) is 24.3 Å². The molecule has 2 rings (SSSR count). The number of carbonyl (C=O) groups is 1. The second-order valence-electron chi connectivity index (χ2n) is 4.23. The molecular formula is C14H15N3O2. The van der Waals surface area contributed by atoms with E-state index in [0.29, 0.717) is 12.2 Å². The van der Waals surface area contributed by atoms with Crippen LogP contribution in [0.4, 0.5) is 11.4 Å². The maximum Gasteiger partial charge on any atom is 0.337 e. The third kappa shape index (κ3) is 3.01. The number of nitrogen functional groups attached to an aromatic ring is 1. The van der Waals surface area contributed by atoms with Crippen LogP contribution in [0.25, 0.3) is 0 Å². The van der Waals surface area contributed by atoms with Gasteiger partial charge in [-0.3, -0.25) is 4.98 Å². The number of carboxylic acids is 1. The summed E-state index contributed by atoms with van der Waals surface area (Å²) in [5, 5.41) is 12.2. The normalized spacial score (nSPS) is 10.2. The lowest BCUT2D eigenvalue weighted by Crippen LogP contribution is -2.07. The Morgan fingerprint density at radius 1 is 1.42 bits per heavy atom. The Morgan fingerprint density at radius 2 is 2.21 bits per heavy atom. The molecule has 0 saturated carbocycles. The largest absolute Gasteiger partial charge is 0.478 e. The summed E-state index contributed by atoms with van der Waals surface area (Å²) in [6.45, 7) is 2.32. The van der Waals surface area contributed by atoms with Crippen molar-refractivity contribution in [2.45, 2.75) is 13.5 Å². The molecular weight excluding hydrogens is 242 g/mol. The van der Waals surface area contributed by atoms with Gasteiger partial charge in [-0.2, -0.15) is 0 Å². The van der Waals surface area contributed by atoms with Crippen molar-refractivity contribution >= 4 is 17.3 Å². The van der Waals surface area contributed by atoms with Gasteiger partial charge < -0.3 is 16.2 Å². The first-order valence-corrected chi connectivity index (χ1v) is 5.85. The quantitative estimate of drug-likeness (QED) is 0.731. The van der Waals surface area contributed by atoms with Gasteiger partial charge in [0.1, 0.15) is 0 Å². The molecule has 1 heterocycles. The number of nitrogens with two attached hydrogens (primary N) is 1. The summed E-state index contributed by atoms with van der Waals surface area (Å²) in [7, 11) is 0. The average molecular weight is 257 g/mol. The number of aromatic carboxylic acids is 1. The molecule has 0 aliphatic carbocycles. The highest BCUT2D eigenvalue weighted by molar-refractivity contribution is 5.95. The molecule has 0 aliphatic rings. The third-order valence-electron chi connectivity index (χ3n) is 2.82. The van der Waals surface area contributed by atoms with Gasteiger partial charge in [-0.05, 0) is 36.8 Å². The maximum atomic E-state index is 11.1. The minimum atomic E-state index is -1.03. The zero-order chi connectivity index (χ0) is 13.8. The number of anilines is 2. The molecule has 19 heavy (non-hydrogen) atoms. The molecule has 5 heteroatoms. The molecule has 0 spiro atoms. The average Bonchev–Trinajstić information content (AvgIpc) is 2.41. The van der Waals surface area contributed by atoms with E-state index < -0.39 is 5.97 Å². The standard InChI is InChI=1S/C14H15N3O2/c1-9-6-11(7-12(13(9)15)14(18)19)17-8-10-4-2-3-5-16-10/h2-7,17H,8,15H2,1H3,(H,18,19). The van der Waals surface area contributed by atoms with Gasteiger partial charge in [0.15, 0.2) is 0 Å². The Bertz CT molecular complexity index is 597. The molecule has 1 aromatic carbocycles. The molecule has 0 aliphatic heterocycles. The number of pyridine rings is 1. The van der Waals surface area contributed by atoms with Crippen molar-refractivity contribution in [3.8, 4) is 0 Å². The van der Waals surface area contributed by atoms with Gasteiger partial charge in [-0.1, -0.05) is 6.07 Å². The van der Waals surface area contributed by atoms with Gasteiger partial charge in [0.05, 0.1) is 17.8 Å². The Labute approximate surface area is 111 Å². The van der Waals surface area contributed by atoms with Crippen LogP contribution in [-0.2, 0) is 6.54 Å². The molecule has 0 radical (unpaired) electrons. The topological polar surface area (TPSA) is 88.2 Å². The Hall–Kier alpha value is -2.56. The second kappa shape index (κ2) is 5.39.